The largest absolute Gasteiger partial charge is 0.454 e. The molecule has 2 aliphatic rings. The number of hydrogen-bond acceptors (Lipinski definition) is 3. The molecule has 1 fully saturated rings. The van der Waals surface area contributed by atoms with E-state index in [1.54, 1.807) is 6.07 Å². The van der Waals surface area contributed by atoms with Crippen LogP contribution in [-0.2, 0) is 0 Å². The average Bonchev–Trinajstić information content (AvgIpc) is 2.76. The van der Waals surface area contributed by atoms with Crippen LogP contribution in [0, 0.1) is 5.82 Å². The van der Waals surface area contributed by atoms with Crippen molar-refractivity contribution in [2.75, 3.05) is 19.9 Å². The molecule has 0 bridgehead atoms. The fourth-order valence-corrected chi connectivity index (χ4v) is 2.38. The van der Waals surface area contributed by atoms with Crippen LogP contribution in [0.5, 0.6) is 11.5 Å². The van der Waals surface area contributed by atoms with Gasteiger partial charge in [0.1, 0.15) is 5.82 Å². The Morgan fingerprint density at radius 3 is 2.56 bits per heavy atom. The summed E-state index contributed by atoms with van der Waals surface area (Å²) in [5.41, 5.74) is 0.769. The van der Waals surface area contributed by atoms with E-state index in [4.69, 9.17) is 9.47 Å². The second kappa shape index (κ2) is 3.94. The Morgan fingerprint density at radius 2 is 1.81 bits per heavy atom. The summed E-state index contributed by atoms with van der Waals surface area (Å²) in [4.78, 5) is 0. The Hall–Kier alpha value is -1.29. The third kappa shape index (κ3) is 1.63. The van der Waals surface area contributed by atoms with Crippen molar-refractivity contribution in [3.8, 4) is 11.5 Å². The highest BCUT2D eigenvalue weighted by atomic mass is 19.1. The van der Waals surface area contributed by atoms with Crippen molar-refractivity contribution >= 4 is 0 Å². The molecule has 1 aromatic carbocycles. The number of hydrogen-bond donors (Lipinski definition) is 1. The topological polar surface area (TPSA) is 30.5 Å². The number of nitrogens with one attached hydrogen (secondary N) is 1. The molecule has 2 aliphatic heterocycles. The van der Waals surface area contributed by atoms with Crippen molar-refractivity contribution in [2.24, 2.45) is 0 Å². The molecule has 1 N–H and O–H groups in total. The second-order valence-electron chi connectivity index (χ2n) is 4.25. The van der Waals surface area contributed by atoms with Crippen molar-refractivity contribution in [3.63, 3.8) is 0 Å². The Kier molecular flexibility index (Phi) is 2.44. The molecular weight excluding hydrogens is 209 g/mol. The van der Waals surface area contributed by atoms with E-state index in [1.165, 1.54) is 6.07 Å². The molecule has 86 valence electrons. The minimum atomic E-state index is -0.170. The number of rotatable bonds is 1. The number of halogens is 1. The van der Waals surface area contributed by atoms with E-state index in [9.17, 15) is 4.39 Å². The summed E-state index contributed by atoms with van der Waals surface area (Å²) in [6, 6.07) is 3.24. The van der Waals surface area contributed by atoms with E-state index in [-0.39, 0.29) is 12.6 Å². The maximum Gasteiger partial charge on any atom is 0.231 e. The summed E-state index contributed by atoms with van der Waals surface area (Å²) in [5, 5.41) is 3.28. The van der Waals surface area contributed by atoms with Gasteiger partial charge in [-0.3, -0.25) is 0 Å². The van der Waals surface area contributed by atoms with Gasteiger partial charge in [-0.25, -0.2) is 4.39 Å². The van der Waals surface area contributed by atoms with Gasteiger partial charge in [0, 0.05) is 6.07 Å². The van der Waals surface area contributed by atoms with Crippen LogP contribution in [0.15, 0.2) is 12.1 Å². The molecule has 3 nitrogen and oxygen atoms in total. The smallest absolute Gasteiger partial charge is 0.231 e. The first-order chi connectivity index (χ1) is 7.84. The van der Waals surface area contributed by atoms with Gasteiger partial charge in [0.15, 0.2) is 11.5 Å². The van der Waals surface area contributed by atoms with Crippen LogP contribution < -0.4 is 14.8 Å². The van der Waals surface area contributed by atoms with E-state index in [0.717, 1.165) is 31.5 Å². The highest BCUT2D eigenvalue weighted by molar-refractivity contribution is 5.46. The molecule has 4 heteroatoms. The van der Waals surface area contributed by atoms with Gasteiger partial charge in [-0.05, 0) is 43.5 Å². The summed E-state index contributed by atoms with van der Waals surface area (Å²) >= 11 is 0. The van der Waals surface area contributed by atoms with Gasteiger partial charge < -0.3 is 14.8 Å². The lowest BCUT2D eigenvalue weighted by Crippen LogP contribution is -2.27. The van der Waals surface area contributed by atoms with Gasteiger partial charge in [0.2, 0.25) is 6.79 Å². The molecule has 0 unspecified atom stereocenters. The quantitative estimate of drug-likeness (QED) is 0.790. The van der Waals surface area contributed by atoms with Crippen LogP contribution in [-0.4, -0.2) is 19.9 Å². The van der Waals surface area contributed by atoms with Crippen molar-refractivity contribution in [3.05, 3.63) is 23.5 Å². The van der Waals surface area contributed by atoms with Crippen LogP contribution in [0.1, 0.15) is 24.3 Å². The standard InChI is InChI=1S/C12H14FNO2/c13-10-6-12-11(15-7-16-12)5-9(10)8-1-3-14-4-2-8/h5-6,8,14H,1-4,7H2. The normalized spacial score (nSPS) is 20.1. The fraction of sp³-hybridized carbons (Fsp3) is 0.500. The van der Waals surface area contributed by atoms with Gasteiger partial charge in [0.25, 0.3) is 0 Å². The van der Waals surface area contributed by atoms with Crippen LogP contribution >= 0.6 is 0 Å². The molecule has 0 atom stereocenters. The van der Waals surface area contributed by atoms with Crippen LogP contribution in [0.3, 0.4) is 0 Å². The molecular formula is C12H14FNO2. The molecule has 0 aliphatic carbocycles. The predicted octanol–water partition coefficient (Wildman–Crippen LogP) is 2.02. The SMILES string of the molecule is Fc1cc2c(cc1C1CCNCC1)OCO2. The summed E-state index contributed by atoms with van der Waals surface area (Å²) < 4.78 is 24.3. The number of benzene rings is 1. The molecule has 1 aromatic rings. The molecule has 16 heavy (non-hydrogen) atoms. The summed E-state index contributed by atoms with van der Waals surface area (Å²) in [6.07, 6.45) is 1.97. The first kappa shape index (κ1) is 9.90. The highest BCUT2D eigenvalue weighted by Gasteiger charge is 2.23. The minimum Gasteiger partial charge on any atom is -0.454 e. The van der Waals surface area contributed by atoms with E-state index in [0.29, 0.717) is 17.4 Å². The molecule has 2 heterocycles. The Labute approximate surface area is 93.6 Å². The monoisotopic (exact) mass is 223 g/mol. The van der Waals surface area contributed by atoms with E-state index >= 15 is 0 Å². The van der Waals surface area contributed by atoms with Crippen molar-refractivity contribution in [2.45, 2.75) is 18.8 Å². The lowest BCUT2D eigenvalue weighted by atomic mass is 9.89. The molecule has 0 radical (unpaired) electrons. The second-order valence-corrected chi connectivity index (χ2v) is 4.25. The third-order valence-electron chi connectivity index (χ3n) is 3.27. The summed E-state index contributed by atoms with van der Waals surface area (Å²) in [5.74, 6) is 1.33. The van der Waals surface area contributed by atoms with Gasteiger partial charge in [0.05, 0.1) is 0 Å². The van der Waals surface area contributed by atoms with Gasteiger partial charge in [-0.1, -0.05) is 0 Å². The molecule has 0 aromatic heterocycles. The highest BCUT2D eigenvalue weighted by Crippen LogP contribution is 2.38. The molecule has 0 spiro atoms. The first-order valence-corrected chi connectivity index (χ1v) is 5.64. The molecule has 0 saturated carbocycles. The maximum absolute atomic E-state index is 13.9. The molecule has 3 rings (SSSR count). The lowest BCUT2D eigenvalue weighted by Gasteiger charge is -2.23. The zero-order chi connectivity index (χ0) is 11.0. The van der Waals surface area contributed by atoms with Crippen LogP contribution in [0.4, 0.5) is 4.39 Å². The van der Waals surface area contributed by atoms with Crippen LogP contribution in [0.25, 0.3) is 0 Å². The average molecular weight is 223 g/mol. The third-order valence-corrected chi connectivity index (χ3v) is 3.27. The van der Waals surface area contributed by atoms with Gasteiger partial charge >= 0.3 is 0 Å². The molecule has 0 amide bonds. The Balaban J connectivity index is 1.94. The van der Waals surface area contributed by atoms with Gasteiger partial charge in [-0.15, -0.1) is 0 Å². The maximum atomic E-state index is 13.9. The zero-order valence-corrected chi connectivity index (χ0v) is 8.96. The Bertz CT molecular complexity index is 402. The minimum absolute atomic E-state index is 0.170. The van der Waals surface area contributed by atoms with Gasteiger partial charge in [-0.2, -0.15) is 0 Å². The predicted molar refractivity (Wildman–Crippen MR) is 57.4 cm³/mol. The fourth-order valence-electron chi connectivity index (χ4n) is 2.38. The molecule has 1 saturated heterocycles. The van der Waals surface area contributed by atoms with E-state index < -0.39 is 0 Å². The van der Waals surface area contributed by atoms with Crippen LogP contribution in [0.2, 0.25) is 0 Å². The first-order valence-electron chi connectivity index (χ1n) is 5.64. The van der Waals surface area contributed by atoms with Crippen molar-refractivity contribution in [1.29, 1.82) is 0 Å². The lowest BCUT2D eigenvalue weighted by molar-refractivity contribution is 0.174. The Morgan fingerprint density at radius 1 is 1.12 bits per heavy atom. The van der Waals surface area contributed by atoms with Crippen molar-refractivity contribution in [1.82, 2.24) is 5.32 Å². The number of piperidine rings is 1. The van der Waals surface area contributed by atoms with Crippen molar-refractivity contribution < 1.29 is 13.9 Å². The van der Waals surface area contributed by atoms with E-state index in [2.05, 4.69) is 5.32 Å². The van der Waals surface area contributed by atoms with E-state index in [1.807, 2.05) is 0 Å². The summed E-state index contributed by atoms with van der Waals surface area (Å²) in [6.45, 7) is 2.11. The number of ether oxygens (including phenoxy) is 2. The zero-order valence-electron chi connectivity index (χ0n) is 8.96. The number of fused-ring (bicyclic) bond motifs is 1. The summed E-state index contributed by atoms with van der Waals surface area (Å²) in [7, 11) is 0.